The second-order valence-corrected chi connectivity index (χ2v) is 4.51. The van der Waals surface area contributed by atoms with E-state index in [1.54, 1.807) is 6.20 Å². The number of halogens is 2. The molecule has 0 saturated carbocycles. The summed E-state index contributed by atoms with van der Waals surface area (Å²) < 4.78 is 1.82. The highest BCUT2D eigenvalue weighted by atomic mass is 127. The minimum atomic E-state index is 0.584. The fourth-order valence-corrected chi connectivity index (χ4v) is 2.12. The SMILES string of the molecule is O=Cc1[nH]c2ncc(Br)cc2c1I. The maximum Gasteiger partial charge on any atom is 0.167 e. The number of rotatable bonds is 1. The second kappa shape index (κ2) is 3.38. The van der Waals surface area contributed by atoms with Gasteiger partial charge in [0.25, 0.3) is 0 Å². The molecule has 0 saturated heterocycles. The lowest BCUT2D eigenvalue weighted by Crippen LogP contribution is -1.80. The largest absolute Gasteiger partial charge is 0.336 e. The standard InChI is InChI=1S/C8H4BrIN2O/c9-4-1-5-7(10)6(3-13)12-8(5)11-2-4/h1-3H,(H,11,12). The monoisotopic (exact) mass is 350 g/mol. The van der Waals surface area contributed by atoms with Gasteiger partial charge in [0.2, 0.25) is 0 Å². The fourth-order valence-electron chi connectivity index (χ4n) is 1.11. The summed E-state index contributed by atoms with van der Waals surface area (Å²) >= 11 is 5.46. The lowest BCUT2D eigenvalue weighted by atomic mass is 10.3. The number of aromatic nitrogens is 2. The molecule has 0 aliphatic rings. The number of hydrogen-bond acceptors (Lipinski definition) is 2. The van der Waals surface area contributed by atoms with Gasteiger partial charge in [-0.1, -0.05) is 0 Å². The van der Waals surface area contributed by atoms with Crippen molar-refractivity contribution in [3.8, 4) is 0 Å². The molecule has 0 aliphatic heterocycles. The molecule has 0 spiro atoms. The minimum Gasteiger partial charge on any atom is -0.336 e. The number of aldehydes is 1. The van der Waals surface area contributed by atoms with Gasteiger partial charge in [-0.15, -0.1) is 0 Å². The van der Waals surface area contributed by atoms with Crippen LogP contribution in [0.25, 0.3) is 11.0 Å². The third kappa shape index (κ3) is 1.50. The van der Waals surface area contributed by atoms with Gasteiger partial charge in [0.05, 0.1) is 9.26 Å². The molecule has 5 heteroatoms. The summed E-state index contributed by atoms with van der Waals surface area (Å²) in [6.07, 6.45) is 2.50. The molecular weight excluding hydrogens is 347 g/mol. The number of pyridine rings is 1. The Labute approximate surface area is 96.2 Å². The lowest BCUT2D eigenvalue weighted by Gasteiger charge is -1.90. The van der Waals surface area contributed by atoms with Crippen LogP contribution < -0.4 is 0 Å². The molecule has 66 valence electrons. The lowest BCUT2D eigenvalue weighted by molar-refractivity contribution is 0.111. The number of carbonyl (C=O) groups excluding carboxylic acids is 1. The summed E-state index contributed by atoms with van der Waals surface area (Å²) in [6, 6.07) is 1.94. The Morgan fingerprint density at radius 1 is 1.62 bits per heavy atom. The average molecular weight is 351 g/mol. The van der Waals surface area contributed by atoms with E-state index >= 15 is 0 Å². The molecule has 0 amide bonds. The van der Waals surface area contributed by atoms with E-state index in [9.17, 15) is 4.79 Å². The van der Waals surface area contributed by atoms with E-state index in [4.69, 9.17) is 0 Å². The van der Waals surface area contributed by atoms with Crippen molar-refractivity contribution in [2.45, 2.75) is 0 Å². The molecule has 2 aromatic heterocycles. The van der Waals surface area contributed by atoms with Crippen molar-refractivity contribution in [2.75, 3.05) is 0 Å². The molecule has 13 heavy (non-hydrogen) atoms. The van der Waals surface area contributed by atoms with E-state index in [1.165, 1.54) is 0 Å². The Hall–Kier alpha value is -0.430. The van der Waals surface area contributed by atoms with Gasteiger partial charge in [0.15, 0.2) is 6.29 Å². The van der Waals surface area contributed by atoms with E-state index in [0.29, 0.717) is 5.69 Å². The highest BCUT2D eigenvalue weighted by molar-refractivity contribution is 14.1. The van der Waals surface area contributed by atoms with Gasteiger partial charge in [0, 0.05) is 16.1 Å². The number of H-pyrrole nitrogens is 1. The summed E-state index contributed by atoms with van der Waals surface area (Å²) in [6.45, 7) is 0. The molecule has 2 heterocycles. The van der Waals surface area contributed by atoms with Gasteiger partial charge in [0.1, 0.15) is 5.65 Å². The zero-order valence-electron chi connectivity index (χ0n) is 6.34. The molecule has 1 N–H and O–H groups in total. The average Bonchev–Trinajstić information content (AvgIpc) is 2.44. The summed E-state index contributed by atoms with van der Waals surface area (Å²) in [5.41, 5.74) is 1.33. The number of hydrogen-bond donors (Lipinski definition) is 1. The minimum absolute atomic E-state index is 0.584. The van der Waals surface area contributed by atoms with Crippen LogP contribution >= 0.6 is 38.5 Å². The molecule has 0 fully saturated rings. The quantitative estimate of drug-likeness (QED) is 0.635. The maximum atomic E-state index is 10.6. The Kier molecular flexibility index (Phi) is 2.37. The Morgan fingerprint density at radius 3 is 3.08 bits per heavy atom. The molecular formula is C8H4BrIN2O. The Morgan fingerprint density at radius 2 is 2.38 bits per heavy atom. The van der Waals surface area contributed by atoms with Gasteiger partial charge in [-0.05, 0) is 44.6 Å². The van der Waals surface area contributed by atoms with Crippen LogP contribution in [0.15, 0.2) is 16.7 Å². The van der Waals surface area contributed by atoms with Crippen LogP contribution in [0.3, 0.4) is 0 Å². The van der Waals surface area contributed by atoms with Crippen LogP contribution in [0.5, 0.6) is 0 Å². The normalized spacial score (nSPS) is 10.6. The third-order valence-electron chi connectivity index (χ3n) is 1.70. The van der Waals surface area contributed by atoms with Crippen molar-refractivity contribution in [2.24, 2.45) is 0 Å². The van der Waals surface area contributed by atoms with E-state index < -0.39 is 0 Å². The molecule has 0 bridgehead atoms. The van der Waals surface area contributed by atoms with Crippen LogP contribution in [0.2, 0.25) is 0 Å². The molecule has 0 aliphatic carbocycles. The zero-order valence-corrected chi connectivity index (χ0v) is 10.1. The smallest absolute Gasteiger partial charge is 0.167 e. The van der Waals surface area contributed by atoms with Crippen LogP contribution in [-0.2, 0) is 0 Å². The number of fused-ring (bicyclic) bond motifs is 1. The molecule has 2 rings (SSSR count). The second-order valence-electron chi connectivity index (χ2n) is 2.52. The number of nitrogens with zero attached hydrogens (tertiary/aromatic N) is 1. The summed E-state index contributed by atoms with van der Waals surface area (Å²) in [7, 11) is 0. The first-order valence-electron chi connectivity index (χ1n) is 3.50. The highest BCUT2D eigenvalue weighted by Gasteiger charge is 2.08. The molecule has 2 aromatic rings. The molecule has 3 nitrogen and oxygen atoms in total. The number of carbonyl (C=O) groups is 1. The summed E-state index contributed by atoms with van der Waals surface area (Å²) in [5, 5.41) is 0.970. The first kappa shape index (κ1) is 9.14. The van der Waals surface area contributed by atoms with Crippen molar-refractivity contribution in [3.05, 3.63) is 26.0 Å². The maximum absolute atomic E-state index is 10.6. The van der Waals surface area contributed by atoms with Crippen LogP contribution in [0.1, 0.15) is 10.5 Å². The Balaban J connectivity index is 2.84. The van der Waals surface area contributed by atoms with Crippen LogP contribution in [-0.4, -0.2) is 16.3 Å². The first-order valence-corrected chi connectivity index (χ1v) is 5.37. The van der Waals surface area contributed by atoms with Crippen molar-refractivity contribution in [1.29, 1.82) is 0 Å². The van der Waals surface area contributed by atoms with Gasteiger partial charge >= 0.3 is 0 Å². The predicted octanol–water partition coefficient (Wildman–Crippen LogP) is 2.74. The van der Waals surface area contributed by atoms with Gasteiger partial charge < -0.3 is 4.98 Å². The van der Waals surface area contributed by atoms with E-state index in [1.807, 2.05) is 6.07 Å². The first-order chi connectivity index (χ1) is 6.22. The summed E-state index contributed by atoms with van der Waals surface area (Å²) in [5.74, 6) is 0. The van der Waals surface area contributed by atoms with Crippen LogP contribution in [0.4, 0.5) is 0 Å². The molecule has 0 aromatic carbocycles. The molecule has 0 radical (unpaired) electrons. The summed E-state index contributed by atoms with van der Waals surface area (Å²) in [4.78, 5) is 17.7. The van der Waals surface area contributed by atoms with E-state index in [0.717, 1.165) is 25.4 Å². The van der Waals surface area contributed by atoms with Gasteiger partial charge in [-0.3, -0.25) is 4.79 Å². The van der Waals surface area contributed by atoms with Crippen molar-refractivity contribution in [1.82, 2.24) is 9.97 Å². The topological polar surface area (TPSA) is 45.8 Å². The fraction of sp³-hybridized carbons (Fsp3) is 0. The Bertz CT molecular complexity index is 480. The molecule has 0 unspecified atom stereocenters. The van der Waals surface area contributed by atoms with Crippen molar-refractivity contribution < 1.29 is 4.79 Å². The van der Waals surface area contributed by atoms with E-state index in [2.05, 4.69) is 48.5 Å². The van der Waals surface area contributed by atoms with E-state index in [-0.39, 0.29) is 0 Å². The van der Waals surface area contributed by atoms with Crippen molar-refractivity contribution >= 4 is 55.8 Å². The third-order valence-corrected chi connectivity index (χ3v) is 3.29. The zero-order chi connectivity index (χ0) is 9.42. The van der Waals surface area contributed by atoms with Gasteiger partial charge in [-0.25, -0.2) is 4.98 Å². The van der Waals surface area contributed by atoms with Gasteiger partial charge in [-0.2, -0.15) is 0 Å². The predicted molar refractivity (Wildman–Crippen MR) is 61.9 cm³/mol. The number of aromatic amines is 1. The number of nitrogens with one attached hydrogen (secondary N) is 1. The highest BCUT2D eigenvalue weighted by Crippen LogP contribution is 2.24. The molecule has 0 atom stereocenters. The van der Waals surface area contributed by atoms with Crippen molar-refractivity contribution in [3.63, 3.8) is 0 Å². The van der Waals surface area contributed by atoms with Crippen LogP contribution in [0, 0.1) is 3.57 Å².